The van der Waals surface area contributed by atoms with Crippen molar-refractivity contribution in [1.82, 2.24) is 14.5 Å². The van der Waals surface area contributed by atoms with E-state index in [-0.39, 0.29) is 11.3 Å². The predicted molar refractivity (Wildman–Crippen MR) is 55.7 cm³/mol. The molecule has 0 saturated heterocycles. The Balaban J connectivity index is 2.48. The van der Waals surface area contributed by atoms with Crippen molar-refractivity contribution in [3.8, 4) is 0 Å². The van der Waals surface area contributed by atoms with Crippen LogP contribution < -0.4 is 5.76 Å². The molecule has 0 aliphatic heterocycles. The molecule has 17 heavy (non-hydrogen) atoms. The molecular formula is C9H4N4O4. The highest BCUT2D eigenvalue weighted by Crippen LogP contribution is 2.18. The zero-order valence-electron chi connectivity index (χ0n) is 8.23. The number of nitrogens with zero attached hydrogens (tertiary/aromatic N) is 4. The van der Waals surface area contributed by atoms with E-state index in [0.29, 0.717) is 11.0 Å². The summed E-state index contributed by atoms with van der Waals surface area (Å²) in [6, 6.07) is 4.02. The summed E-state index contributed by atoms with van der Waals surface area (Å²) < 4.78 is 5.68. The number of nitro benzene ring substituents is 1. The minimum Gasteiger partial charge on any atom is -0.295 e. The summed E-state index contributed by atoms with van der Waals surface area (Å²) in [5.74, 6) is -0.652. The van der Waals surface area contributed by atoms with Gasteiger partial charge in [0.1, 0.15) is 0 Å². The summed E-state index contributed by atoms with van der Waals surface area (Å²) in [6.45, 7) is 0. The molecule has 84 valence electrons. The van der Waals surface area contributed by atoms with Crippen molar-refractivity contribution in [2.75, 3.05) is 0 Å². The van der Waals surface area contributed by atoms with E-state index >= 15 is 0 Å². The van der Waals surface area contributed by atoms with Crippen molar-refractivity contribution in [1.29, 1.82) is 0 Å². The topological polar surface area (TPSA) is 104 Å². The zero-order valence-corrected chi connectivity index (χ0v) is 8.23. The minimum atomic E-state index is -0.652. The van der Waals surface area contributed by atoms with Crippen molar-refractivity contribution in [2.24, 2.45) is 0 Å². The van der Waals surface area contributed by atoms with Crippen LogP contribution in [0.2, 0.25) is 0 Å². The second-order valence-electron chi connectivity index (χ2n) is 3.33. The van der Waals surface area contributed by atoms with E-state index in [9.17, 15) is 14.9 Å². The zero-order chi connectivity index (χ0) is 12.0. The first-order chi connectivity index (χ1) is 8.16. The summed E-state index contributed by atoms with van der Waals surface area (Å²) in [6.07, 6.45) is 1.32. The Labute approximate surface area is 92.2 Å². The number of hydrogen-bond donors (Lipinski definition) is 0. The van der Waals surface area contributed by atoms with Gasteiger partial charge in [-0.3, -0.25) is 19.6 Å². The molecular weight excluding hydrogens is 228 g/mol. The lowest BCUT2D eigenvalue weighted by Crippen LogP contribution is -2.07. The normalized spacial score (nSPS) is 11.1. The highest BCUT2D eigenvalue weighted by Gasteiger charge is 2.11. The lowest BCUT2D eigenvalue weighted by atomic mass is 10.2. The number of aromatic nitrogens is 3. The van der Waals surface area contributed by atoms with Crippen LogP contribution in [0.15, 0.2) is 33.7 Å². The van der Waals surface area contributed by atoms with Crippen LogP contribution >= 0.6 is 0 Å². The van der Waals surface area contributed by atoms with E-state index in [0.717, 1.165) is 0 Å². The van der Waals surface area contributed by atoms with E-state index in [4.69, 9.17) is 0 Å². The molecule has 0 N–H and O–H groups in total. The number of benzene rings is 1. The molecule has 8 nitrogen and oxygen atoms in total. The van der Waals surface area contributed by atoms with Crippen LogP contribution in [0.1, 0.15) is 0 Å². The first kappa shape index (κ1) is 9.46. The third kappa shape index (κ3) is 1.27. The van der Waals surface area contributed by atoms with E-state index in [2.05, 4.69) is 14.7 Å². The molecule has 0 aliphatic rings. The quantitative estimate of drug-likeness (QED) is 0.452. The summed E-state index contributed by atoms with van der Waals surface area (Å²) in [4.78, 5) is 25.4. The van der Waals surface area contributed by atoms with Crippen LogP contribution in [-0.2, 0) is 0 Å². The molecule has 3 aromatic rings. The third-order valence-electron chi connectivity index (χ3n) is 2.36. The molecule has 0 aliphatic carbocycles. The van der Waals surface area contributed by atoms with Crippen LogP contribution in [-0.4, -0.2) is 19.5 Å². The number of rotatable bonds is 1. The summed E-state index contributed by atoms with van der Waals surface area (Å²) in [5.41, 5.74) is 0.918. The van der Waals surface area contributed by atoms with Crippen LogP contribution in [0.25, 0.3) is 16.7 Å². The maximum Gasteiger partial charge on any atom is 0.446 e. The van der Waals surface area contributed by atoms with E-state index < -0.39 is 10.7 Å². The molecule has 8 heteroatoms. The molecule has 0 spiro atoms. The molecule has 0 bridgehead atoms. The number of non-ortho nitro benzene ring substituents is 1. The van der Waals surface area contributed by atoms with Gasteiger partial charge in [0.05, 0.1) is 22.2 Å². The van der Waals surface area contributed by atoms with Crippen molar-refractivity contribution < 1.29 is 9.45 Å². The van der Waals surface area contributed by atoms with Gasteiger partial charge >= 0.3 is 5.76 Å². The Kier molecular flexibility index (Phi) is 1.73. The number of hydrogen-bond acceptors (Lipinski definition) is 6. The molecule has 0 unspecified atom stereocenters. The Morgan fingerprint density at radius 3 is 3.00 bits per heavy atom. The first-order valence-electron chi connectivity index (χ1n) is 4.58. The lowest BCUT2D eigenvalue weighted by molar-refractivity contribution is -0.384. The third-order valence-corrected chi connectivity index (χ3v) is 2.36. The highest BCUT2D eigenvalue weighted by molar-refractivity contribution is 5.79. The Morgan fingerprint density at radius 1 is 1.41 bits per heavy atom. The van der Waals surface area contributed by atoms with E-state index in [1.165, 1.54) is 28.8 Å². The monoisotopic (exact) mass is 232 g/mol. The van der Waals surface area contributed by atoms with Gasteiger partial charge in [-0.1, -0.05) is 5.16 Å². The minimum absolute atomic E-state index is 0.0890. The smallest absolute Gasteiger partial charge is 0.295 e. The predicted octanol–water partition coefficient (Wildman–Crippen LogP) is 0.744. The van der Waals surface area contributed by atoms with Gasteiger partial charge in [0.2, 0.25) is 5.65 Å². The van der Waals surface area contributed by atoms with Gasteiger partial charge in [0, 0.05) is 12.1 Å². The Hall–Kier alpha value is -2.77. The molecule has 3 rings (SSSR count). The fraction of sp³-hybridized carbons (Fsp3) is 0. The van der Waals surface area contributed by atoms with Crippen molar-refractivity contribution >= 4 is 22.4 Å². The van der Waals surface area contributed by atoms with E-state index in [1.54, 1.807) is 0 Å². The first-order valence-corrected chi connectivity index (χ1v) is 4.58. The second-order valence-corrected chi connectivity index (χ2v) is 3.33. The summed E-state index contributed by atoms with van der Waals surface area (Å²) in [5, 5.41) is 14.1. The fourth-order valence-electron chi connectivity index (χ4n) is 1.61. The molecule has 0 amide bonds. The SMILES string of the molecule is O=c1onc2cnc3cc([N+](=O)[O-])ccc3n12. The van der Waals surface area contributed by atoms with Gasteiger partial charge in [-0.2, -0.15) is 0 Å². The average Bonchev–Trinajstić information content (AvgIpc) is 2.70. The molecule has 2 aromatic heterocycles. The fourth-order valence-corrected chi connectivity index (χ4v) is 1.61. The van der Waals surface area contributed by atoms with Crippen LogP contribution in [0.4, 0.5) is 5.69 Å². The van der Waals surface area contributed by atoms with E-state index in [1.807, 2.05) is 0 Å². The van der Waals surface area contributed by atoms with Gasteiger partial charge < -0.3 is 0 Å². The lowest BCUT2D eigenvalue weighted by Gasteiger charge is -1.98. The largest absolute Gasteiger partial charge is 0.446 e. The molecule has 0 saturated carbocycles. The standard InChI is InChI=1S/C9H4N4O4/c14-9-12-7-2-1-5(13(15)16)3-6(7)10-4-8(12)11-17-9/h1-4H. The number of nitro groups is 1. The van der Waals surface area contributed by atoms with Crippen molar-refractivity contribution in [3.05, 3.63) is 45.1 Å². The number of fused-ring (bicyclic) bond motifs is 3. The molecule has 1 aromatic carbocycles. The maximum atomic E-state index is 11.4. The Bertz CT molecular complexity index is 803. The molecule has 0 atom stereocenters. The van der Waals surface area contributed by atoms with Crippen LogP contribution in [0.3, 0.4) is 0 Å². The van der Waals surface area contributed by atoms with Gasteiger partial charge in [-0.05, 0) is 6.07 Å². The van der Waals surface area contributed by atoms with Crippen LogP contribution in [0.5, 0.6) is 0 Å². The molecule has 2 heterocycles. The summed E-state index contributed by atoms with van der Waals surface area (Å²) in [7, 11) is 0. The van der Waals surface area contributed by atoms with Crippen molar-refractivity contribution in [2.45, 2.75) is 0 Å². The Morgan fingerprint density at radius 2 is 2.24 bits per heavy atom. The maximum absolute atomic E-state index is 11.4. The van der Waals surface area contributed by atoms with Gasteiger partial charge in [-0.15, -0.1) is 0 Å². The average molecular weight is 232 g/mol. The van der Waals surface area contributed by atoms with Crippen LogP contribution in [0, 0.1) is 10.1 Å². The van der Waals surface area contributed by atoms with Gasteiger partial charge in [0.15, 0.2) is 0 Å². The van der Waals surface area contributed by atoms with Crippen molar-refractivity contribution in [3.63, 3.8) is 0 Å². The van der Waals surface area contributed by atoms with Gasteiger partial charge in [-0.25, -0.2) is 9.20 Å². The molecule has 0 radical (unpaired) electrons. The van der Waals surface area contributed by atoms with Gasteiger partial charge in [0.25, 0.3) is 5.69 Å². The highest BCUT2D eigenvalue weighted by atomic mass is 16.6. The second kappa shape index (κ2) is 3.11. The summed E-state index contributed by atoms with van der Waals surface area (Å²) >= 11 is 0. The molecule has 0 fully saturated rings.